The van der Waals surface area contributed by atoms with E-state index in [-0.39, 0.29) is 5.56 Å². The van der Waals surface area contributed by atoms with E-state index in [0.29, 0.717) is 6.54 Å². The van der Waals surface area contributed by atoms with Gasteiger partial charge in [-0.3, -0.25) is 4.79 Å². The lowest BCUT2D eigenvalue weighted by atomic mass is 10.1. The van der Waals surface area contributed by atoms with Crippen molar-refractivity contribution in [2.45, 2.75) is 6.54 Å². The Bertz CT molecular complexity index is 1260. The summed E-state index contributed by atoms with van der Waals surface area (Å²) in [6.07, 6.45) is 5.68. The number of hydrogen-bond donors (Lipinski definition) is 1. The summed E-state index contributed by atoms with van der Waals surface area (Å²) in [5, 5.41) is 1.02. The summed E-state index contributed by atoms with van der Waals surface area (Å²) in [4.78, 5) is 22.9. The normalized spacial score (nSPS) is 14.4. The molecular formula is C23H21BrN4O2. The molecule has 30 heavy (non-hydrogen) atoms. The number of pyridine rings is 2. The third kappa shape index (κ3) is 3.78. The van der Waals surface area contributed by atoms with Crippen LogP contribution in [-0.2, 0) is 11.3 Å². The van der Waals surface area contributed by atoms with Gasteiger partial charge in [-0.05, 0) is 35.4 Å². The van der Waals surface area contributed by atoms with E-state index in [1.165, 1.54) is 0 Å². The Morgan fingerprint density at radius 2 is 2.00 bits per heavy atom. The second kappa shape index (κ2) is 8.08. The van der Waals surface area contributed by atoms with Crippen LogP contribution in [0.15, 0.2) is 70.3 Å². The number of benzene rings is 1. The summed E-state index contributed by atoms with van der Waals surface area (Å²) < 4.78 is 8.18. The van der Waals surface area contributed by atoms with E-state index in [1.54, 1.807) is 10.6 Å². The molecule has 0 saturated carbocycles. The van der Waals surface area contributed by atoms with Gasteiger partial charge >= 0.3 is 0 Å². The Kier molecular flexibility index (Phi) is 5.14. The Morgan fingerprint density at radius 1 is 1.13 bits per heavy atom. The molecule has 4 aromatic rings. The van der Waals surface area contributed by atoms with E-state index in [0.717, 1.165) is 64.2 Å². The predicted molar refractivity (Wildman–Crippen MR) is 122 cm³/mol. The molecule has 3 aromatic heterocycles. The summed E-state index contributed by atoms with van der Waals surface area (Å²) in [6.45, 7) is 3.72. The SMILES string of the molecule is O=c1cc(-c2c[nH]c3ncc(N4CCOCC4)cc23)ccn1Cc1cccc(Br)c1. The number of hydrogen-bond acceptors (Lipinski definition) is 4. The molecule has 0 atom stereocenters. The third-order valence-electron chi connectivity index (χ3n) is 5.44. The lowest BCUT2D eigenvalue weighted by Crippen LogP contribution is -2.36. The zero-order valence-electron chi connectivity index (χ0n) is 16.3. The van der Waals surface area contributed by atoms with Crippen LogP contribution in [-0.4, -0.2) is 40.8 Å². The Labute approximate surface area is 182 Å². The van der Waals surface area contributed by atoms with Crippen molar-refractivity contribution in [2.24, 2.45) is 0 Å². The first-order valence-corrected chi connectivity index (χ1v) is 10.7. The van der Waals surface area contributed by atoms with Gasteiger partial charge in [0.05, 0.1) is 31.6 Å². The molecule has 0 unspecified atom stereocenters. The second-order valence-electron chi connectivity index (χ2n) is 7.40. The molecule has 0 spiro atoms. The molecule has 1 aromatic carbocycles. The molecule has 1 fully saturated rings. The van der Waals surface area contributed by atoms with Gasteiger partial charge in [0.1, 0.15) is 5.65 Å². The van der Waals surface area contributed by atoms with Crippen LogP contribution in [0.4, 0.5) is 5.69 Å². The maximum Gasteiger partial charge on any atom is 0.251 e. The number of halogens is 1. The van der Waals surface area contributed by atoms with Crippen LogP contribution in [0.2, 0.25) is 0 Å². The van der Waals surface area contributed by atoms with Crippen molar-refractivity contribution < 1.29 is 4.74 Å². The first kappa shape index (κ1) is 19.1. The smallest absolute Gasteiger partial charge is 0.251 e. The van der Waals surface area contributed by atoms with Crippen LogP contribution in [0.25, 0.3) is 22.2 Å². The average Bonchev–Trinajstić information content (AvgIpc) is 3.19. The van der Waals surface area contributed by atoms with Crippen molar-refractivity contribution in [1.29, 1.82) is 0 Å². The monoisotopic (exact) mass is 464 g/mol. The maximum atomic E-state index is 12.8. The fourth-order valence-electron chi connectivity index (χ4n) is 3.86. The minimum Gasteiger partial charge on any atom is -0.378 e. The van der Waals surface area contributed by atoms with Gasteiger partial charge in [0.25, 0.3) is 5.56 Å². The van der Waals surface area contributed by atoms with Crippen LogP contribution in [0.1, 0.15) is 5.56 Å². The van der Waals surface area contributed by atoms with E-state index in [1.807, 2.05) is 48.9 Å². The summed E-state index contributed by atoms with van der Waals surface area (Å²) in [5.41, 5.74) is 4.82. The quantitative estimate of drug-likeness (QED) is 0.494. The number of morpholine rings is 1. The Hall–Kier alpha value is -2.90. The fraction of sp³-hybridized carbons (Fsp3) is 0.217. The molecule has 4 heterocycles. The van der Waals surface area contributed by atoms with Gasteiger partial charge in [0.2, 0.25) is 0 Å². The van der Waals surface area contributed by atoms with E-state index >= 15 is 0 Å². The standard InChI is InChI=1S/C23H21BrN4O2/c24-18-3-1-2-16(10-18)15-28-5-4-17(11-22(28)29)21-14-26-23-20(21)12-19(13-25-23)27-6-8-30-9-7-27/h1-5,10-14H,6-9,15H2,(H,25,26). The third-order valence-corrected chi connectivity index (χ3v) is 5.94. The molecule has 0 aliphatic carbocycles. The summed E-state index contributed by atoms with van der Waals surface area (Å²) in [6, 6.07) is 13.8. The van der Waals surface area contributed by atoms with Gasteiger partial charge in [-0.2, -0.15) is 0 Å². The molecule has 7 heteroatoms. The van der Waals surface area contributed by atoms with Crippen molar-refractivity contribution in [3.8, 4) is 11.1 Å². The largest absolute Gasteiger partial charge is 0.378 e. The molecule has 0 amide bonds. The average molecular weight is 465 g/mol. The fourth-order valence-corrected chi connectivity index (χ4v) is 4.31. The van der Waals surface area contributed by atoms with Gasteiger partial charge in [-0.1, -0.05) is 28.1 Å². The molecule has 0 radical (unpaired) electrons. The van der Waals surface area contributed by atoms with Gasteiger partial charge < -0.3 is 19.2 Å². The number of rotatable bonds is 4. The van der Waals surface area contributed by atoms with E-state index in [4.69, 9.17) is 4.74 Å². The van der Waals surface area contributed by atoms with Crippen molar-refractivity contribution in [2.75, 3.05) is 31.2 Å². The molecule has 152 valence electrons. The van der Waals surface area contributed by atoms with E-state index in [2.05, 4.69) is 36.9 Å². The van der Waals surface area contributed by atoms with Gasteiger partial charge in [-0.25, -0.2) is 4.98 Å². The number of ether oxygens (including phenoxy) is 1. The number of anilines is 1. The minimum atomic E-state index is -0.0286. The highest BCUT2D eigenvalue weighted by Gasteiger charge is 2.15. The van der Waals surface area contributed by atoms with Crippen molar-refractivity contribution in [3.63, 3.8) is 0 Å². The Balaban J connectivity index is 1.47. The number of aromatic amines is 1. The van der Waals surface area contributed by atoms with E-state index < -0.39 is 0 Å². The molecule has 0 bridgehead atoms. The summed E-state index contributed by atoms with van der Waals surface area (Å²) in [7, 11) is 0. The number of fused-ring (bicyclic) bond motifs is 1. The Morgan fingerprint density at radius 3 is 2.80 bits per heavy atom. The van der Waals surface area contributed by atoms with Crippen LogP contribution in [0.3, 0.4) is 0 Å². The number of aromatic nitrogens is 3. The number of nitrogens with one attached hydrogen (secondary N) is 1. The van der Waals surface area contributed by atoms with Crippen LogP contribution in [0.5, 0.6) is 0 Å². The first-order valence-electron chi connectivity index (χ1n) is 9.92. The van der Waals surface area contributed by atoms with Gasteiger partial charge in [0, 0.05) is 47.0 Å². The lowest BCUT2D eigenvalue weighted by Gasteiger charge is -2.28. The minimum absolute atomic E-state index is 0.0286. The first-order chi connectivity index (χ1) is 14.7. The highest BCUT2D eigenvalue weighted by molar-refractivity contribution is 9.10. The topological polar surface area (TPSA) is 63.1 Å². The second-order valence-corrected chi connectivity index (χ2v) is 8.32. The van der Waals surface area contributed by atoms with Crippen LogP contribution >= 0.6 is 15.9 Å². The van der Waals surface area contributed by atoms with Gasteiger partial charge in [-0.15, -0.1) is 0 Å². The molecule has 1 N–H and O–H groups in total. The predicted octanol–water partition coefficient (Wildman–Crippen LogP) is 4.04. The molecule has 6 nitrogen and oxygen atoms in total. The maximum absolute atomic E-state index is 12.8. The highest BCUT2D eigenvalue weighted by Crippen LogP contribution is 2.30. The number of H-pyrrole nitrogens is 1. The van der Waals surface area contributed by atoms with Crippen molar-refractivity contribution in [3.05, 3.63) is 81.4 Å². The zero-order valence-corrected chi connectivity index (χ0v) is 17.9. The molecule has 1 aliphatic rings. The zero-order chi connectivity index (χ0) is 20.5. The van der Waals surface area contributed by atoms with Gasteiger partial charge in [0.15, 0.2) is 0 Å². The van der Waals surface area contributed by atoms with Crippen LogP contribution < -0.4 is 10.5 Å². The highest BCUT2D eigenvalue weighted by atomic mass is 79.9. The van der Waals surface area contributed by atoms with Crippen LogP contribution in [0, 0.1) is 0 Å². The lowest BCUT2D eigenvalue weighted by molar-refractivity contribution is 0.122. The summed E-state index contributed by atoms with van der Waals surface area (Å²) in [5.74, 6) is 0. The molecular weight excluding hydrogens is 444 g/mol. The molecule has 5 rings (SSSR count). The molecule has 1 aliphatic heterocycles. The summed E-state index contributed by atoms with van der Waals surface area (Å²) >= 11 is 3.48. The number of nitrogens with zero attached hydrogens (tertiary/aromatic N) is 3. The van der Waals surface area contributed by atoms with Crippen molar-refractivity contribution in [1.82, 2.24) is 14.5 Å². The molecule has 1 saturated heterocycles. The van der Waals surface area contributed by atoms with Crippen molar-refractivity contribution >= 4 is 32.7 Å². The van der Waals surface area contributed by atoms with E-state index in [9.17, 15) is 4.79 Å².